The van der Waals surface area contributed by atoms with E-state index < -0.39 is 0 Å². The van der Waals surface area contributed by atoms with Gasteiger partial charge in [0.1, 0.15) is 5.82 Å². The van der Waals surface area contributed by atoms with E-state index in [4.69, 9.17) is 5.73 Å². The molecule has 0 amide bonds. The number of hydrogen-bond donors (Lipinski definition) is 2. The maximum absolute atomic E-state index is 12.9. The van der Waals surface area contributed by atoms with E-state index in [2.05, 4.69) is 11.6 Å². The Morgan fingerprint density at radius 3 is 2.93 bits per heavy atom. The van der Waals surface area contributed by atoms with E-state index in [9.17, 15) is 4.39 Å². The Kier molecular flexibility index (Phi) is 2.09. The van der Waals surface area contributed by atoms with Crippen LogP contribution >= 0.6 is 0 Å². The van der Waals surface area contributed by atoms with Crippen LogP contribution in [-0.2, 0) is 0 Å². The first-order valence-corrected chi connectivity index (χ1v) is 4.37. The van der Waals surface area contributed by atoms with Crippen molar-refractivity contribution in [3.05, 3.63) is 48.4 Å². The van der Waals surface area contributed by atoms with Crippen molar-refractivity contribution in [2.75, 3.05) is 0 Å². The van der Waals surface area contributed by atoms with Crippen molar-refractivity contribution in [1.82, 2.24) is 4.98 Å². The van der Waals surface area contributed by atoms with E-state index in [0.717, 1.165) is 16.6 Å². The first kappa shape index (κ1) is 8.97. The predicted molar refractivity (Wildman–Crippen MR) is 55.4 cm³/mol. The second-order valence-electron chi connectivity index (χ2n) is 3.22. The molecule has 3 N–H and O–H groups in total. The highest BCUT2D eigenvalue weighted by molar-refractivity contribution is 5.80. The normalized spacial score (nSPS) is 13.0. The molecule has 0 radical (unpaired) electrons. The van der Waals surface area contributed by atoms with Crippen LogP contribution < -0.4 is 5.73 Å². The topological polar surface area (TPSA) is 41.8 Å². The number of aromatic amines is 1. The molecule has 0 unspecified atom stereocenters. The summed E-state index contributed by atoms with van der Waals surface area (Å²) in [4.78, 5) is 3.11. The van der Waals surface area contributed by atoms with Crippen LogP contribution in [0.1, 0.15) is 11.7 Å². The lowest BCUT2D eigenvalue weighted by molar-refractivity contribution is 0.630. The molecule has 0 bridgehead atoms. The third-order valence-electron chi connectivity index (χ3n) is 2.22. The Bertz CT molecular complexity index is 473. The van der Waals surface area contributed by atoms with Crippen molar-refractivity contribution >= 4 is 10.9 Å². The molecular weight excluding hydrogens is 179 g/mol. The highest BCUT2D eigenvalue weighted by atomic mass is 19.1. The number of nitrogens with one attached hydrogen (secondary N) is 1. The van der Waals surface area contributed by atoms with Gasteiger partial charge in [-0.05, 0) is 24.3 Å². The minimum atomic E-state index is -0.241. The van der Waals surface area contributed by atoms with E-state index in [-0.39, 0.29) is 11.9 Å². The summed E-state index contributed by atoms with van der Waals surface area (Å²) in [6.07, 6.45) is 1.64. The van der Waals surface area contributed by atoms with E-state index in [1.165, 1.54) is 12.1 Å². The third-order valence-corrected chi connectivity index (χ3v) is 2.22. The standard InChI is InChI=1S/C11H11FN2/c1-2-9(13)11-6-7-5-8(12)3-4-10(7)14-11/h2-6,9,14H,1,13H2/t9-/m1/s1. The zero-order valence-corrected chi connectivity index (χ0v) is 7.63. The first-order chi connectivity index (χ1) is 6.70. The molecule has 0 saturated heterocycles. The number of halogens is 1. The van der Waals surface area contributed by atoms with Gasteiger partial charge in [-0.15, -0.1) is 6.58 Å². The molecule has 1 heterocycles. The number of rotatable bonds is 2. The van der Waals surface area contributed by atoms with Crippen molar-refractivity contribution < 1.29 is 4.39 Å². The molecule has 0 aliphatic carbocycles. The second kappa shape index (κ2) is 3.27. The fraction of sp³-hybridized carbons (Fsp3) is 0.0909. The van der Waals surface area contributed by atoms with Crippen LogP contribution in [0, 0.1) is 5.82 Å². The Morgan fingerprint density at radius 1 is 1.43 bits per heavy atom. The molecule has 1 atom stereocenters. The van der Waals surface area contributed by atoms with Crippen LogP contribution in [0.15, 0.2) is 36.9 Å². The van der Waals surface area contributed by atoms with Gasteiger partial charge in [-0.2, -0.15) is 0 Å². The molecular formula is C11H11FN2. The number of aromatic nitrogens is 1. The van der Waals surface area contributed by atoms with Gasteiger partial charge in [-0.3, -0.25) is 0 Å². The van der Waals surface area contributed by atoms with Crippen LogP contribution in [0.3, 0.4) is 0 Å². The second-order valence-corrected chi connectivity index (χ2v) is 3.22. The van der Waals surface area contributed by atoms with Crippen LogP contribution in [0.2, 0.25) is 0 Å². The largest absolute Gasteiger partial charge is 0.357 e. The lowest BCUT2D eigenvalue weighted by Crippen LogP contribution is -2.06. The zero-order valence-electron chi connectivity index (χ0n) is 7.63. The molecule has 72 valence electrons. The summed E-state index contributed by atoms with van der Waals surface area (Å²) in [5.41, 5.74) is 7.49. The van der Waals surface area contributed by atoms with Gasteiger partial charge in [0.15, 0.2) is 0 Å². The van der Waals surface area contributed by atoms with Gasteiger partial charge in [-0.1, -0.05) is 6.08 Å². The van der Waals surface area contributed by atoms with E-state index in [0.29, 0.717) is 0 Å². The molecule has 2 aromatic rings. The monoisotopic (exact) mass is 190 g/mol. The molecule has 3 heteroatoms. The van der Waals surface area contributed by atoms with Gasteiger partial charge >= 0.3 is 0 Å². The predicted octanol–water partition coefficient (Wildman–Crippen LogP) is 2.49. The highest BCUT2D eigenvalue weighted by Gasteiger charge is 2.05. The van der Waals surface area contributed by atoms with Crippen molar-refractivity contribution in [2.45, 2.75) is 6.04 Å². The minimum absolute atomic E-state index is 0.231. The number of H-pyrrole nitrogens is 1. The Hall–Kier alpha value is -1.61. The number of fused-ring (bicyclic) bond motifs is 1. The third kappa shape index (κ3) is 1.42. The summed E-state index contributed by atoms with van der Waals surface area (Å²) in [7, 11) is 0. The molecule has 0 aliphatic heterocycles. The van der Waals surface area contributed by atoms with Gasteiger partial charge in [-0.25, -0.2) is 4.39 Å². The van der Waals surface area contributed by atoms with Crippen LogP contribution in [0.4, 0.5) is 4.39 Å². The van der Waals surface area contributed by atoms with Crippen molar-refractivity contribution in [3.8, 4) is 0 Å². The van der Waals surface area contributed by atoms with E-state index >= 15 is 0 Å². The Morgan fingerprint density at radius 2 is 2.21 bits per heavy atom. The first-order valence-electron chi connectivity index (χ1n) is 4.37. The molecule has 1 aromatic carbocycles. The molecule has 0 spiro atoms. The summed E-state index contributed by atoms with van der Waals surface area (Å²) in [5, 5.41) is 0.831. The van der Waals surface area contributed by atoms with Gasteiger partial charge in [0.05, 0.1) is 6.04 Å². The van der Waals surface area contributed by atoms with Gasteiger partial charge in [0, 0.05) is 16.6 Å². The maximum Gasteiger partial charge on any atom is 0.123 e. The fourth-order valence-corrected chi connectivity index (χ4v) is 1.43. The highest BCUT2D eigenvalue weighted by Crippen LogP contribution is 2.20. The molecule has 1 aromatic heterocycles. The maximum atomic E-state index is 12.9. The van der Waals surface area contributed by atoms with Crippen molar-refractivity contribution in [2.24, 2.45) is 5.73 Å². The molecule has 2 rings (SSSR count). The van der Waals surface area contributed by atoms with Crippen LogP contribution in [0.25, 0.3) is 10.9 Å². The van der Waals surface area contributed by atoms with E-state index in [1.54, 1.807) is 12.1 Å². The molecule has 0 saturated carbocycles. The lowest BCUT2D eigenvalue weighted by Gasteiger charge is -2.00. The number of hydrogen-bond acceptors (Lipinski definition) is 1. The molecule has 0 fully saturated rings. The Balaban J connectivity index is 2.56. The SMILES string of the molecule is C=C[C@@H](N)c1cc2cc(F)ccc2[nH]1. The average molecular weight is 190 g/mol. The van der Waals surface area contributed by atoms with Crippen LogP contribution in [-0.4, -0.2) is 4.98 Å². The van der Waals surface area contributed by atoms with Crippen molar-refractivity contribution in [1.29, 1.82) is 0 Å². The summed E-state index contributed by atoms with van der Waals surface area (Å²) < 4.78 is 12.9. The summed E-state index contributed by atoms with van der Waals surface area (Å²) in [5.74, 6) is -0.241. The van der Waals surface area contributed by atoms with E-state index in [1.807, 2.05) is 6.07 Å². The minimum Gasteiger partial charge on any atom is -0.357 e. The average Bonchev–Trinajstić information content (AvgIpc) is 2.59. The summed E-state index contributed by atoms with van der Waals surface area (Å²) in [6.45, 7) is 3.61. The van der Waals surface area contributed by atoms with Gasteiger partial charge < -0.3 is 10.7 Å². The summed E-state index contributed by atoms with van der Waals surface area (Å²) in [6, 6.07) is 6.20. The van der Waals surface area contributed by atoms with Gasteiger partial charge in [0.25, 0.3) is 0 Å². The lowest BCUT2D eigenvalue weighted by atomic mass is 10.2. The van der Waals surface area contributed by atoms with Crippen LogP contribution in [0.5, 0.6) is 0 Å². The fourth-order valence-electron chi connectivity index (χ4n) is 1.43. The van der Waals surface area contributed by atoms with Gasteiger partial charge in [0.2, 0.25) is 0 Å². The molecule has 14 heavy (non-hydrogen) atoms. The molecule has 0 aliphatic rings. The van der Waals surface area contributed by atoms with Crippen molar-refractivity contribution in [3.63, 3.8) is 0 Å². The quantitative estimate of drug-likeness (QED) is 0.702. The number of nitrogens with two attached hydrogens (primary N) is 1. The zero-order chi connectivity index (χ0) is 10.1. The Labute approximate surface area is 81.2 Å². The summed E-state index contributed by atoms with van der Waals surface area (Å²) >= 11 is 0. The number of benzene rings is 1. The molecule has 2 nitrogen and oxygen atoms in total. The smallest absolute Gasteiger partial charge is 0.123 e.